The summed E-state index contributed by atoms with van der Waals surface area (Å²) >= 11 is 0. The Hall–Kier alpha value is -1.49. The molecule has 1 rings (SSSR count). The van der Waals surface area contributed by atoms with E-state index in [4.69, 9.17) is 4.74 Å². The van der Waals surface area contributed by atoms with Crippen LogP contribution in [0, 0.1) is 5.82 Å². The number of ether oxygens (including phenoxy) is 1. The Balaban J connectivity index is 3.15. The molecular weight excluding hydrogens is 235 g/mol. The summed E-state index contributed by atoms with van der Waals surface area (Å²) in [6.45, 7) is 7.49. The molecule has 5 heteroatoms. The van der Waals surface area contributed by atoms with Gasteiger partial charge in [-0.3, -0.25) is 10.3 Å². The average Bonchev–Trinajstić information content (AvgIpc) is 2.28. The van der Waals surface area contributed by atoms with Crippen molar-refractivity contribution >= 4 is 5.97 Å². The van der Waals surface area contributed by atoms with Gasteiger partial charge >= 0.3 is 5.97 Å². The third-order valence-electron chi connectivity index (χ3n) is 2.54. The summed E-state index contributed by atoms with van der Waals surface area (Å²) < 4.78 is 18.3. The van der Waals surface area contributed by atoms with Crippen molar-refractivity contribution in [1.82, 2.24) is 10.3 Å². The van der Waals surface area contributed by atoms with Crippen LogP contribution >= 0.6 is 0 Å². The van der Waals surface area contributed by atoms with Gasteiger partial charge in [0.2, 0.25) is 0 Å². The van der Waals surface area contributed by atoms with Gasteiger partial charge < -0.3 is 4.74 Å². The van der Waals surface area contributed by atoms with E-state index >= 15 is 0 Å². The summed E-state index contributed by atoms with van der Waals surface area (Å²) in [7, 11) is 0. The lowest BCUT2D eigenvalue weighted by atomic mass is 9.92. The SMILES string of the molecule is CCOC(=O)C(C)(NC(C)C)c1cncc(F)c1. The minimum absolute atomic E-state index is 0.0441. The molecule has 0 aromatic carbocycles. The zero-order valence-corrected chi connectivity index (χ0v) is 11.2. The van der Waals surface area contributed by atoms with Gasteiger partial charge in [0.25, 0.3) is 0 Å². The maximum Gasteiger partial charge on any atom is 0.330 e. The maximum atomic E-state index is 13.2. The second-order valence-electron chi connectivity index (χ2n) is 4.54. The van der Waals surface area contributed by atoms with Crippen LogP contribution in [0.25, 0.3) is 0 Å². The maximum absolute atomic E-state index is 13.2. The lowest BCUT2D eigenvalue weighted by Crippen LogP contribution is -2.50. The Morgan fingerprint density at radius 1 is 1.56 bits per heavy atom. The number of rotatable bonds is 5. The molecule has 0 aliphatic carbocycles. The zero-order valence-electron chi connectivity index (χ0n) is 11.2. The van der Waals surface area contributed by atoms with Crippen LogP contribution in [0.4, 0.5) is 4.39 Å². The minimum Gasteiger partial charge on any atom is -0.464 e. The molecule has 0 amide bonds. The molecule has 1 N–H and O–H groups in total. The third kappa shape index (κ3) is 3.26. The van der Waals surface area contributed by atoms with Crippen LogP contribution in [0.2, 0.25) is 0 Å². The first-order valence-corrected chi connectivity index (χ1v) is 5.96. The van der Waals surface area contributed by atoms with Crippen LogP contribution in [0.1, 0.15) is 33.3 Å². The first-order valence-electron chi connectivity index (χ1n) is 5.96. The number of esters is 1. The molecule has 1 atom stereocenters. The molecule has 0 aliphatic heterocycles. The Morgan fingerprint density at radius 3 is 2.72 bits per heavy atom. The number of carbonyl (C=O) groups excluding carboxylic acids is 1. The Labute approximate surface area is 107 Å². The van der Waals surface area contributed by atoms with Crippen molar-refractivity contribution in [3.05, 3.63) is 29.8 Å². The molecule has 0 saturated carbocycles. The van der Waals surface area contributed by atoms with Crippen molar-refractivity contribution in [3.63, 3.8) is 0 Å². The van der Waals surface area contributed by atoms with Crippen molar-refractivity contribution in [2.75, 3.05) is 6.61 Å². The van der Waals surface area contributed by atoms with Crippen molar-refractivity contribution in [3.8, 4) is 0 Å². The fraction of sp³-hybridized carbons (Fsp3) is 0.538. The van der Waals surface area contributed by atoms with E-state index in [2.05, 4.69) is 10.3 Å². The van der Waals surface area contributed by atoms with Gasteiger partial charge in [0, 0.05) is 17.8 Å². The summed E-state index contributed by atoms with van der Waals surface area (Å²) in [5.41, 5.74) is -0.645. The number of hydrogen-bond donors (Lipinski definition) is 1. The highest BCUT2D eigenvalue weighted by atomic mass is 19.1. The second-order valence-corrected chi connectivity index (χ2v) is 4.54. The fourth-order valence-electron chi connectivity index (χ4n) is 1.80. The molecule has 0 bridgehead atoms. The van der Waals surface area contributed by atoms with Crippen LogP contribution in [-0.2, 0) is 15.1 Å². The van der Waals surface area contributed by atoms with E-state index in [1.165, 1.54) is 12.3 Å². The van der Waals surface area contributed by atoms with Gasteiger partial charge in [0.15, 0.2) is 0 Å². The van der Waals surface area contributed by atoms with Gasteiger partial charge in [0.1, 0.15) is 11.4 Å². The molecule has 1 heterocycles. The molecule has 0 spiro atoms. The van der Waals surface area contributed by atoms with Crippen molar-refractivity contribution in [2.45, 2.75) is 39.3 Å². The second kappa shape index (κ2) is 5.91. The Bertz CT molecular complexity index is 423. The highest BCUT2D eigenvalue weighted by Gasteiger charge is 2.37. The number of pyridine rings is 1. The summed E-state index contributed by atoms with van der Waals surface area (Å²) in [6.07, 6.45) is 2.57. The number of halogens is 1. The summed E-state index contributed by atoms with van der Waals surface area (Å²) in [5, 5.41) is 3.10. The Kier molecular flexibility index (Phi) is 4.78. The van der Waals surface area contributed by atoms with E-state index in [-0.39, 0.29) is 12.6 Å². The molecule has 0 saturated heterocycles. The quantitative estimate of drug-likeness (QED) is 0.816. The minimum atomic E-state index is -1.10. The van der Waals surface area contributed by atoms with Gasteiger partial charge in [-0.2, -0.15) is 0 Å². The average molecular weight is 254 g/mol. The normalized spacial score (nSPS) is 14.3. The first kappa shape index (κ1) is 14.6. The predicted molar refractivity (Wildman–Crippen MR) is 66.5 cm³/mol. The summed E-state index contributed by atoms with van der Waals surface area (Å²) in [4.78, 5) is 15.9. The number of nitrogens with one attached hydrogen (secondary N) is 1. The largest absolute Gasteiger partial charge is 0.464 e. The zero-order chi connectivity index (χ0) is 13.8. The lowest BCUT2D eigenvalue weighted by molar-refractivity contribution is -0.151. The van der Waals surface area contributed by atoms with E-state index in [9.17, 15) is 9.18 Å². The van der Waals surface area contributed by atoms with Crippen LogP contribution in [-0.4, -0.2) is 23.6 Å². The molecule has 100 valence electrons. The third-order valence-corrected chi connectivity index (χ3v) is 2.54. The van der Waals surface area contributed by atoms with Crippen molar-refractivity contribution in [1.29, 1.82) is 0 Å². The molecule has 1 aromatic rings. The molecule has 1 unspecified atom stereocenters. The summed E-state index contributed by atoms with van der Waals surface area (Å²) in [6, 6.07) is 1.34. The van der Waals surface area contributed by atoms with Crippen LogP contribution in [0.15, 0.2) is 18.5 Å². The number of hydrogen-bond acceptors (Lipinski definition) is 4. The lowest BCUT2D eigenvalue weighted by Gasteiger charge is -2.30. The van der Waals surface area contributed by atoms with E-state index in [0.717, 1.165) is 6.20 Å². The molecule has 4 nitrogen and oxygen atoms in total. The molecule has 0 aliphatic rings. The smallest absolute Gasteiger partial charge is 0.330 e. The monoisotopic (exact) mass is 254 g/mol. The first-order chi connectivity index (χ1) is 8.40. The standard InChI is InChI=1S/C13H19FN2O2/c1-5-18-12(17)13(4,16-9(2)3)10-6-11(14)8-15-7-10/h6-9,16H,5H2,1-4H3. The van der Waals surface area contributed by atoms with Gasteiger partial charge in [0.05, 0.1) is 12.8 Å². The fourth-order valence-corrected chi connectivity index (χ4v) is 1.80. The van der Waals surface area contributed by atoms with E-state index < -0.39 is 17.3 Å². The molecular formula is C13H19FN2O2. The van der Waals surface area contributed by atoms with Crippen molar-refractivity contribution in [2.24, 2.45) is 0 Å². The van der Waals surface area contributed by atoms with Crippen LogP contribution in [0.3, 0.4) is 0 Å². The van der Waals surface area contributed by atoms with E-state index in [1.54, 1.807) is 13.8 Å². The van der Waals surface area contributed by atoms with Crippen LogP contribution in [0.5, 0.6) is 0 Å². The molecule has 1 aromatic heterocycles. The predicted octanol–water partition coefficient (Wildman–Crippen LogP) is 2.00. The van der Waals surface area contributed by atoms with Crippen molar-refractivity contribution < 1.29 is 13.9 Å². The molecule has 0 radical (unpaired) electrons. The highest BCUT2D eigenvalue weighted by molar-refractivity contribution is 5.82. The number of carbonyl (C=O) groups is 1. The number of aromatic nitrogens is 1. The van der Waals surface area contributed by atoms with Gasteiger partial charge in [-0.05, 0) is 33.8 Å². The summed E-state index contributed by atoms with van der Waals surface area (Å²) in [5.74, 6) is -0.917. The van der Waals surface area contributed by atoms with Gasteiger partial charge in [-0.25, -0.2) is 9.18 Å². The highest BCUT2D eigenvalue weighted by Crippen LogP contribution is 2.23. The van der Waals surface area contributed by atoms with Crippen LogP contribution < -0.4 is 5.32 Å². The molecule has 0 fully saturated rings. The van der Waals surface area contributed by atoms with E-state index in [1.807, 2.05) is 13.8 Å². The topological polar surface area (TPSA) is 51.2 Å². The Morgan fingerprint density at radius 2 is 2.22 bits per heavy atom. The number of nitrogens with zero attached hydrogens (tertiary/aromatic N) is 1. The van der Waals surface area contributed by atoms with E-state index in [0.29, 0.717) is 5.56 Å². The molecule has 18 heavy (non-hydrogen) atoms. The van der Waals surface area contributed by atoms with Gasteiger partial charge in [-0.1, -0.05) is 0 Å². The van der Waals surface area contributed by atoms with Gasteiger partial charge in [-0.15, -0.1) is 0 Å².